The molecule has 7 nitrogen and oxygen atoms in total. The molecule has 1 aromatic heterocycles. The second-order valence-corrected chi connectivity index (χ2v) is 7.20. The molecule has 7 heteroatoms. The smallest absolute Gasteiger partial charge is 0.193 e. The van der Waals surface area contributed by atoms with Gasteiger partial charge in [0.1, 0.15) is 11.9 Å². The van der Waals surface area contributed by atoms with E-state index < -0.39 is 0 Å². The Bertz CT molecular complexity index is 806. The Labute approximate surface area is 166 Å². The molecule has 2 N–H and O–H groups in total. The third-order valence-electron chi connectivity index (χ3n) is 5.30. The molecule has 2 unspecified atom stereocenters. The average molecular weight is 383 g/mol. The van der Waals surface area contributed by atoms with E-state index in [9.17, 15) is 0 Å². The van der Waals surface area contributed by atoms with Crippen LogP contribution in [0.25, 0.3) is 10.9 Å². The van der Waals surface area contributed by atoms with E-state index in [2.05, 4.69) is 37.6 Å². The molecule has 2 saturated heterocycles. The zero-order valence-electron chi connectivity index (χ0n) is 16.4. The first-order chi connectivity index (χ1) is 13.8. The normalized spacial score (nSPS) is 23.2. The minimum absolute atomic E-state index is 0.134. The van der Waals surface area contributed by atoms with Gasteiger partial charge in [-0.05, 0) is 31.0 Å². The van der Waals surface area contributed by atoms with Crippen LogP contribution in [0.2, 0.25) is 0 Å². The second kappa shape index (κ2) is 9.21. The van der Waals surface area contributed by atoms with Crippen molar-refractivity contribution < 1.29 is 9.47 Å². The van der Waals surface area contributed by atoms with Crippen LogP contribution in [-0.2, 0) is 9.47 Å². The molecule has 0 amide bonds. The Morgan fingerprint density at radius 1 is 1.14 bits per heavy atom. The van der Waals surface area contributed by atoms with E-state index in [1.807, 2.05) is 31.3 Å². The van der Waals surface area contributed by atoms with Crippen molar-refractivity contribution in [1.29, 1.82) is 0 Å². The Morgan fingerprint density at radius 3 is 2.89 bits per heavy atom. The number of hydrogen-bond acceptors (Lipinski definition) is 5. The quantitative estimate of drug-likeness (QED) is 0.468. The van der Waals surface area contributed by atoms with Gasteiger partial charge in [-0.1, -0.05) is 18.2 Å². The number of para-hydroxylation sites is 1. The molecule has 2 aliphatic rings. The molecular weight excluding hydrogens is 354 g/mol. The van der Waals surface area contributed by atoms with Gasteiger partial charge in [0.25, 0.3) is 0 Å². The molecule has 2 fully saturated rings. The Hall–Kier alpha value is -2.38. The number of morpholine rings is 1. The van der Waals surface area contributed by atoms with E-state index in [0.717, 1.165) is 68.3 Å². The van der Waals surface area contributed by atoms with Gasteiger partial charge in [-0.3, -0.25) is 4.99 Å². The van der Waals surface area contributed by atoms with Gasteiger partial charge in [-0.15, -0.1) is 0 Å². The Morgan fingerprint density at radius 2 is 2.04 bits per heavy atom. The first-order valence-electron chi connectivity index (χ1n) is 10.1. The minimum Gasteiger partial charge on any atom is -0.375 e. The summed E-state index contributed by atoms with van der Waals surface area (Å²) in [7, 11) is 1.83. The van der Waals surface area contributed by atoms with Crippen molar-refractivity contribution in [3.63, 3.8) is 0 Å². The van der Waals surface area contributed by atoms with Crippen LogP contribution in [0.5, 0.6) is 0 Å². The molecule has 0 saturated carbocycles. The molecule has 150 valence electrons. The summed E-state index contributed by atoms with van der Waals surface area (Å²) in [5.41, 5.74) is 1.00. The number of pyridine rings is 1. The van der Waals surface area contributed by atoms with E-state index in [-0.39, 0.29) is 12.2 Å². The molecule has 0 spiro atoms. The standard InChI is InChI=1S/C21H29N5O2/c1-22-21(26-12-14-28-19(15-26)18-7-4-13-27-18)24-11-10-23-20-9-8-16-5-2-3-6-17(16)25-20/h2-3,5-6,8-9,18-19H,4,7,10-15H2,1H3,(H,22,24)(H,23,25). The van der Waals surface area contributed by atoms with Gasteiger partial charge in [-0.25, -0.2) is 4.98 Å². The van der Waals surface area contributed by atoms with Crippen LogP contribution in [0.15, 0.2) is 41.4 Å². The van der Waals surface area contributed by atoms with Crippen LogP contribution in [0.1, 0.15) is 12.8 Å². The highest BCUT2D eigenvalue weighted by molar-refractivity contribution is 5.80. The lowest BCUT2D eigenvalue weighted by Crippen LogP contribution is -2.53. The van der Waals surface area contributed by atoms with E-state index in [0.29, 0.717) is 6.61 Å². The van der Waals surface area contributed by atoms with Gasteiger partial charge < -0.3 is 25.0 Å². The molecular formula is C21H29N5O2. The fourth-order valence-electron chi connectivity index (χ4n) is 3.85. The highest BCUT2D eigenvalue weighted by atomic mass is 16.5. The first-order valence-corrected chi connectivity index (χ1v) is 10.1. The summed E-state index contributed by atoms with van der Waals surface area (Å²) < 4.78 is 11.7. The summed E-state index contributed by atoms with van der Waals surface area (Å²) in [6, 6.07) is 12.3. The fourth-order valence-corrected chi connectivity index (χ4v) is 3.85. The van der Waals surface area contributed by atoms with Gasteiger partial charge in [0, 0.05) is 45.2 Å². The van der Waals surface area contributed by atoms with Crippen LogP contribution >= 0.6 is 0 Å². The Kier molecular flexibility index (Phi) is 6.24. The average Bonchev–Trinajstić information content (AvgIpc) is 3.29. The van der Waals surface area contributed by atoms with Crippen LogP contribution in [-0.4, -0.2) is 74.5 Å². The van der Waals surface area contributed by atoms with E-state index in [1.54, 1.807) is 0 Å². The largest absolute Gasteiger partial charge is 0.375 e. The number of fused-ring (bicyclic) bond motifs is 1. The predicted octanol–water partition coefficient (Wildman–Crippen LogP) is 2.10. The first kappa shape index (κ1) is 19.0. The van der Waals surface area contributed by atoms with Gasteiger partial charge in [-0.2, -0.15) is 0 Å². The number of nitrogens with one attached hydrogen (secondary N) is 2. The molecule has 1 aromatic carbocycles. The third-order valence-corrected chi connectivity index (χ3v) is 5.30. The van der Waals surface area contributed by atoms with E-state index in [1.165, 1.54) is 0 Å². The summed E-state index contributed by atoms with van der Waals surface area (Å²) >= 11 is 0. The van der Waals surface area contributed by atoms with Crippen LogP contribution in [0.4, 0.5) is 5.82 Å². The maximum atomic E-state index is 5.94. The number of nitrogens with zero attached hydrogens (tertiary/aromatic N) is 3. The molecule has 4 rings (SSSR count). The third kappa shape index (κ3) is 4.54. The van der Waals surface area contributed by atoms with Gasteiger partial charge in [0.2, 0.25) is 0 Å². The SMILES string of the molecule is CN=C(NCCNc1ccc2ccccc2n1)N1CCOC(C2CCCO2)C1. The molecule has 28 heavy (non-hydrogen) atoms. The predicted molar refractivity (Wildman–Crippen MR) is 112 cm³/mol. The van der Waals surface area contributed by atoms with Crippen molar-refractivity contribution in [2.45, 2.75) is 25.0 Å². The summed E-state index contributed by atoms with van der Waals surface area (Å²) in [6.07, 6.45) is 2.58. The van der Waals surface area contributed by atoms with Crippen molar-refractivity contribution >= 4 is 22.7 Å². The number of aromatic nitrogens is 1. The molecule has 2 atom stereocenters. The maximum absolute atomic E-state index is 5.94. The zero-order valence-corrected chi connectivity index (χ0v) is 16.4. The summed E-state index contributed by atoms with van der Waals surface area (Å²) in [5.74, 6) is 1.81. The lowest BCUT2D eigenvalue weighted by molar-refractivity contribution is -0.0816. The lowest BCUT2D eigenvalue weighted by atomic mass is 10.1. The number of guanidine groups is 1. The van der Waals surface area contributed by atoms with Crippen molar-refractivity contribution in [2.75, 3.05) is 51.8 Å². The van der Waals surface area contributed by atoms with Crippen molar-refractivity contribution in [3.8, 4) is 0 Å². The molecule has 0 bridgehead atoms. The van der Waals surface area contributed by atoms with Crippen molar-refractivity contribution in [3.05, 3.63) is 36.4 Å². The number of ether oxygens (including phenoxy) is 2. The molecule has 2 aromatic rings. The van der Waals surface area contributed by atoms with Crippen molar-refractivity contribution in [2.24, 2.45) is 4.99 Å². The molecule has 0 radical (unpaired) electrons. The van der Waals surface area contributed by atoms with Gasteiger partial charge >= 0.3 is 0 Å². The summed E-state index contributed by atoms with van der Waals surface area (Å²) in [4.78, 5) is 11.4. The molecule has 2 aliphatic heterocycles. The number of benzene rings is 1. The summed E-state index contributed by atoms with van der Waals surface area (Å²) in [6.45, 7) is 4.77. The zero-order chi connectivity index (χ0) is 19.2. The van der Waals surface area contributed by atoms with Crippen LogP contribution in [0, 0.1) is 0 Å². The van der Waals surface area contributed by atoms with Crippen LogP contribution in [0.3, 0.4) is 0 Å². The summed E-state index contributed by atoms with van der Waals surface area (Å²) in [5, 5.41) is 7.98. The molecule has 3 heterocycles. The number of aliphatic imine (C=N–C) groups is 1. The minimum atomic E-state index is 0.134. The van der Waals surface area contributed by atoms with Gasteiger partial charge in [0.05, 0.1) is 18.2 Å². The highest BCUT2D eigenvalue weighted by Crippen LogP contribution is 2.21. The van der Waals surface area contributed by atoms with Gasteiger partial charge in [0.15, 0.2) is 5.96 Å². The molecule has 0 aliphatic carbocycles. The fraction of sp³-hybridized carbons (Fsp3) is 0.524. The number of hydrogen-bond donors (Lipinski definition) is 2. The van der Waals surface area contributed by atoms with Crippen molar-refractivity contribution in [1.82, 2.24) is 15.2 Å². The second-order valence-electron chi connectivity index (χ2n) is 7.20. The van der Waals surface area contributed by atoms with Crippen LogP contribution < -0.4 is 10.6 Å². The van der Waals surface area contributed by atoms with E-state index in [4.69, 9.17) is 9.47 Å². The monoisotopic (exact) mass is 383 g/mol. The lowest BCUT2D eigenvalue weighted by Gasteiger charge is -2.37. The van der Waals surface area contributed by atoms with E-state index >= 15 is 0 Å². The number of rotatable bonds is 5. The number of anilines is 1. The Balaban J connectivity index is 1.25. The highest BCUT2D eigenvalue weighted by Gasteiger charge is 2.32. The topological polar surface area (TPSA) is 71.0 Å². The maximum Gasteiger partial charge on any atom is 0.193 e.